The Hall–Kier alpha value is -3.22. The molecule has 2 aromatic carbocycles. The molecular formula is C24H26FN3O3. The predicted molar refractivity (Wildman–Crippen MR) is 114 cm³/mol. The number of aromatic nitrogens is 2. The summed E-state index contributed by atoms with van der Waals surface area (Å²) in [5.74, 6) is 1.38. The molecule has 31 heavy (non-hydrogen) atoms. The van der Waals surface area contributed by atoms with E-state index in [0.717, 1.165) is 31.4 Å². The third kappa shape index (κ3) is 5.10. The average Bonchev–Trinajstić information content (AvgIpc) is 3.30. The molecule has 1 saturated heterocycles. The summed E-state index contributed by atoms with van der Waals surface area (Å²) in [7, 11) is 0. The Labute approximate surface area is 181 Å². The van der Waals surface area contributed by atoms with Crippen LogP contribution in [0.4, 0.5) is 4.39 Å². The van der Waals surface area contributed by atoms with Crippen LogP contribution in [0.1, 0.15) is 54.8 Å². The van der Waals surface area contributed by atoms with Crippen molar-refractivity contribution in [1.82, 2.24) is 15.0 Å². The molecule has 1 aliphatic rings. The molecule has 0 spiro atoms. The quantitative estimate of drug-likeness (QED) is 0.496. The number of nitrogens with zero attached hydrogens (tertiary/aromatic N) is 3. The van der Waals surface area contributed by atoms with E-state index in [1.54, 1.807) is 12.1 Å². The monoisotopic (exact) mass is 423 g/mol. The van der Waals surface area contributed by atoms with Crippen LogP contribution in [0.5, 0.6) is 5.75 Å². The van der Waals surface area contributed by atoms with E-state index in [0.29, 0.717) is 42.5 Å². The summed E-state index contributed by atoms with van der Waals surface area (Å²) in [4.78, 5) is 19.3. The molecule has 4 rings (SSSR count). The number of amides is 1. The summed E-state index contributed by atoms with van der Waals surface area (Å²) in [5, 5.41) is 4.03. The fourth-order valence-electron chi connectivity index (χ4n) is 3.69. The third-order valence-electron chi connectivity index (χ3n) is 5.47. The lowest BCUT2D eigenvalue weighted by Crippen LogP contribution is -2.39. The van der Waals surface area contributed by atoms with Crippen molar-refractivity contribution in [1.29, 1.82) is 0 Å². The largest absolute Gasteiger partial charge is 0.494 e. The topological polar surface area (TPSA) is 68.5 Å². The Morgan fingerprint density at radius 3 is 2.71 bits per heavy atom. The van der Waals surface area contributed by atoms with Crippen molar-refractivity contribution in [2.75, 3.05) is 19.7 Å². The smallest absolute Gasteiger partial charge is 0.253 e. The van der Waals surface area contributed by atoms with Crippen LogP contribution in [-0.2, 0) is 0 Å². The highest BCUT2D eigenvalue weighted by Gasteiger charge is 2.29. The number of unbranched alkanes of at least 4 members (excludes halogenated alkanes) is 1. The number of carbonyl (C=O) groups is 1. The fraction of sp³-hybridized carbons (Fsp3) is 0.375. The summed E-state index contributed by atoms with van der Waals surface area (Å²) in [6, 6.07) is 13.3. The first-order valence-corrected chi connectivity index (χ1v) is 10.8. The highest BCUT2D eigenvalue weighted by molar-refractivity contribution is 5.94. The number of halogens is 1. The Morgan fingerprint density at radius 2 is 1.97 bits per heavy atom. The molecule has 7 heteroatoms. The standard InChI is InChI=1S/C24H26FN3O3/c1-2-3-15-30-21-12-8-18(9-13-21)24(29)28-14-4-5-19(16-28)23-26-22(27-31-23)17-6-10-20(25)11-7-17/h6-13,19H,2-5,14-16H2,1H3. The summed E-state index contributed by atoms with van der Waals surface area (Å²) in [6.45, 7) is 4.03. The lowest BCUT2D eigenvalue weighted by molar-refractivity contribution is 0.0695. The van der Waals surface area contributed by atoms with Crippen LogP contribution in [0.15, 0.2) is 53.1 Å². The molecule has 1 amide bonds. The minimum Gasteiger partial charge on any atom is -0.494 e. The van der Waals surface area contributed by atoms with Crippen molar-refractivity contribution in [3.05, 3.63) is 65.8 Å². The van der Waals surface area contributed by atoms with Crippen LogP contribution in [0.2, 0.25) is 0 Å². The van der Waals surface area contributed by atoms with Gasteiger partial charge in [0, 0.05) is 24.2 Å². The molecule has 6 nitrogen and oxygen atoms in total. The highest BCUT2D eigenvalue weighted by atomic mass is 19.1. The second kappa shape index (κ2) is 9.73. The number of carbonyl (C=O) groups excluding carboxylic acids is 1. The van der Waals surface area contributed by atoms with Crippen molar-refractivity contribution in [3.8, 4) is 17.1 Å². The Balaban J connectivity index is 1.40. The number of benzene rings is 2. The molecule has 1 fully saturated rings. The summed E-state index contributed by atoms with van der Waals surface area (Å²) in [6.07, 6.45) is 3.83. The SMILES string of the molecule is CCCCOc1ccc(C(=O)N2CCCC(c3nc(-c4ccc(F)cc4)no3)C2)cc1. The van der Waals surface area contributed by atoms with Crippen LogP contribution >= 0.6 is 0 Å². The number of hydrogen-bond donors (Lipinski definition) is 0. The van der Waals surface area contributed by atoms with Gasteiger partial charge in [0.05, 0.1) is 12.5 Å². The molecule has 2 heterocycles. The van der Waals surface area contributed by atoms with Gasteiger partial charge in [0.2, 0.25) is 11.7 Å². The summed E-state index contributed by atoms with van der Waals surface area (Å²) in [5.41, 5.74) is 1.34. The van der Waals surface area contributed by atoms with E-state index in [9.17, 15) is 9.18 Å². The van der Waals surface area contributed by atoms with Gasteiger partial charge in [0.15, 0.2) is 0 Å². The maximum Gasteiger partial charge on any atom is 0.253 e. The van der Waals surface area contributed by atoms with Gasteiger partial charge in [-0.1, -0.05) is 18.5 Å². The van der Waals surface area contributed by atoms with Crippen LogP contribution in [0, 0.1) is 5.82 Å². The molecule has 0 bridgehead atoms. The highest BCUT2D eigenvalue weighted by Crippen LogP contribution is 2.28. The van der Waals surface area contributed by atoms with Crippen molar-refractivity contribution >= 4 is 5.91 Å². The van der Waals surface area contributed by atoms with Gasteiger partial charge in [-0.15, -0.1) is 0 Å². The van der Waals surface area contributed by atoms with Crippen LogP contribution in [-0.4, -0.2) is 40.6 Å². The summed E-state index contributed by atoms with van der Waals surface area (Å²) < 4.78 is 24.3. The molecule has 1 aromatic heterocycles. The van der Waals surface area contributed by atoms with Crippen molar-refractivity contribution in [3.63, 3.8) is 0 Å². The molecule has 0 saturated carbocycles. The van der Waals surface area contributed by atoms with Crippen molar-refractivity contribution in [2.24, 2.45) is 0 Å². The molecule has 0 aliphatic carbocycles. The van der Waals surface area contributed by atoms with E-state index in [-0.39, 0.29) is 17.6 Å². The molecule has 162 valence electrons. The fourth-order valence-corrected chi connectivity index (χ4v) is 3.69. The molecule has 1 unspecified atom stereocenters. The predicted octanol–water partition coefficient (Wildman–Crippen LogP) is 5.07. The summed E-state index contributed by atoms with van der Waals surface area (Å²) >= 11 is 0. The maximum absolute atomic E-state index is 13.1. The number of likely N-dealkylation sites (tertiary alicyclic amines) is 1. The number of ether oxygens (including phenoxy) is 1. The number of hydrogen-bond acceptors (Lipinski definition) is 5. The van der Waals surface area contributed by atoms with Gasteiger partial charge in [-0.3, -0.25) is 4.79 Å². The van der Waals surface area contributed by atoms with Gasteiger partial charge in [0.25, 0.3) is 5.91 Å². The Kier molecular flexibility index (Phi) is 6.60. The second-order valence-electron chi connectivity index (χ2n) is 7.78. The zero-order chi connectivity index (χ0) is 21.6. The van der Waals surface area contributed by atoms with Crippen molar-refractivity contribution < 1.29 is 18.4 Å². The average molecular weight is 423 g/mol. The van der Waals surface area contributed by atoms with Crippen LogP contribution in [0.3, 0.4) is 0 Å². The first-order chi connectivity index (χ1) is 15.1. The molecule has 1 atom stereocenters. The van der Waals surface area contributed by atoms with E-state index in [2.05, 4.69) is 17.1 Å². The second-order valence-corrected chi connectivity index (χ2v) is 7.78. The van der Waals surface area contributed by atoms with E-state index < -0.39 is 0 Å². The van der Waals surface area contributed by atoms with Crippen LogP contribution in [0.25, 0.3) is 11.4 Å². The zero-order valence-corrected chi connectivity index (χ0v) is 17.6. The molecule has 1 aliphatic heterocycles. The lowest BCUT2D eigenvalue weighted by atomic mass is 9.97. The number of rotatable bonds is 7. The van der Waals surface area contributed by atoms with Crippen LogP contribution < -0.4 is 4.74 Å². The zero-order valence-electron chi connectivity index (χ0n) is 17.6. The van der Waals surface area contributed by atoms with Gasteiger partial charge in [-0.2, -0.15) is 4.98 Å². The number of piperidine rings is 1. The van der Waals surface area contributed by atoms with E-state index in [1.807, 2.05) is 29.2 Å². The minimum absolute atomic E-state index is 0.0110. The van der Waals surface area contributed by atoms with Crippen molar-refractivity contribution in [2.45, 2.75) is 38.5 Å². The Bertz CT molecular complexity index is 1000. The third-order valence-corrected chi connectivity index (χ3v) is 5.47. The van der Waals surface area contributed by atoms with E-state index in [4.69, 9.17) is 9.26 Å². The van der Waals surface area contributed by atoms with Gasteiger partial charge in [-0.25, -0.2) is 4.39 Å². The van der Waals surface area contributed by atoms with E-state index >= 15 is 0 Å². The van der Waals surface area contributed by atoms with Gasteiger partial charge in [0.1, 0.15) is 11.6 Å². The van der Waals surface area contributed by atoms with Gasteiger partial charge < -0.3 is 14.2 Å². The molecule has 3 aromatic rings. The van der Waals surface area contributed by atoms with Gasteiger partial charge >= 0.3 is 0 Å². The Morgan fingerprint density at radius 1 is 1.19 bits per heavy atom. The van der Waals surface area contributed by atoms with Gasteiger partial charge in [-0.05, 0) is 67.8 Å². The molecule has 0 radical (unpaired) electrons. The first-order valence-electron chi connectivity index (χ1n) is 10.8. The first kappa shape index (κ1) is 21.0. The van der Waals surface area contributed by atoms with E-state index in [1.165, 1.54) is 12.1 Å². The lowest BCUT2D eigenvalue weighted by Gasteiger charge is -2.31. The normalized spacial score (nSPS) is 16.3. The molecule has 0 N–H and O–H groups in total. The molecular weight excluding hydrogens is 397 g/mol. The minimum atomic E-state index is -0.311. The maximum atomic E-state index is 13.1.